The first-order valence-electron chi connectivity index (χ1n) is 3.29. The molecule has 0 atom stereocenters. The fourth-order valence-electron chi connectivity index (χ4n) is 0.937. The minimum Gasteiger partial charge on any atom is -0.280 e. The molecule has 62 valence electrons. The van der Waals surface area contributed by atoms with Gasteiger partial charge < -0.3 is 0 Å². The molecule has 0 saturated carbocycles. The maximum Gasteiger partial charge on any atom is 0.251 e. The second-order valence-corrected chi connectivity index (χ2v) is 2.66. The van der Waals surface area contributed by atoms with Crippen molar-refractivity contribution in [1.82, 2.24) is 19.6 Å². The number of rotatable bonds is 1. The molecule has 0 unspecified atom stereocenters. The lowest BCUT2D eigenvalue weighted by Crippen LogP contribution is -1.95. The van der Waals surface area contributed by atoms with E-state index in [2.05, 4.69) is 15.1 Å². The molecule has 2 heterocycles. The van der Waals surface area contributed by atoms with Crippen LogP contribution in [-0.2, 0) is 6.67 Å². The van der Waals surface area contributed by atoms with Crippen molar-refractivity contribution in [2.75, 3.05) is 0 Å². The van der Waals surface area contributed by atoms with Crippen molar-refractivity contribution in [2.24, 2.45) is 0 Å². The van der Waals surface area contributed by atoms with Crippen LogP contribution in [0, 0.1) is 4.64 Å². The van der Waals surface area contributed by atoms with Gasteiger partial charge in [0.1, 0.15) is 17.6 Å². The fraction of sp³-hybridized carbons (Fsp3) is 0.167. The van der Waals surface area contributed by atoms with Gasteiger partial charge in [-0.3, -0.25) is 5.10 Å². The molecule has 2 aromatic rings. The van der Waals surface area contributed by atoms with Gasteiger partial charge in [-0.05, 0) is 6.07 Å². The second kappa shape index (κ2) is 2.63. The van der Waals surface area contributed by atoms with Crippen LogP contribution in [0.3, 0.4) is 0 Å². The van der Waals surface area contributed by atoms with Crippen LogP contribution in [0.1, 0.15) is 5.69 Å². The van der Waals surface area contributed by atoms with Gasteiger partial charge in [-0.1, -0.05) is 12.2 Å². The van der Waals surface area contributed by atoms with Crippen LogP contribution in [0.15, 0.2) is 12.4 Å². The van der Waals surface area contributed by atoms with Crippen molar-refractivity contribution in [1.29, 1.82) is 0 Å². The third-order valence-electron chi connectivity index (χ3n) is 1.46. The van der Waals surface area contributed by atoms with E-state index in [9.17, 15) is 4.39 Å². The SMILES string of the molecule is FCc1cc(=S)n2[nH]cnc2n1. The van der Waals surface area contributed by atoms with Crippen molar-refractivity contribution in [3.05, 3.63) is 22.7 Å². The molecule has 1 N–H and O–H groups in total. The van der Waals surface area contributed by atoms with Gasteiger partial charge in [0.25, 0.3) is 5.78 Å². The predicted molar refractivity (Wildman–Crippen MR) is 43.0 cm³/mol. The van der Waals surface area contributed by atoms with Crippen LogP contribution in [0.5, 0.6) is 0 Å². The number of aromatic nitrogens is 4. The number of hydrogen-bond donors (Lipinski definition) is 1. The van der Waals surface area contributed by atoms with Gasteiger partial charge >= 0.3 is 0 Å². The van der Waals surface area contributed by atoms with E-state index >= 15 is 0 Å². The van der Waals surface area contributed by atoms with Gasteiger partial charge in [0, 0.05) is 0 Å². The van der Waals surface area contributed by atoms with E-state index in [0.29, 0.717) is 16.1 Å². The molecule has 0 aliphatic rings. The van der Waals surface area contributed by atoms with Crippen molar-refractivity contribution in [2.45, 2.75) is 6.67 Å². The van der Waals surface area contributed by atoms with Gasteiger partial charge in [0.2, 0.25) is 0 Å². The number of halogens is 1. The highest BCUT2D eigenvalue weighted by atomic mass is 32.1. The Kier molecular flexibility index (Phi) is 1.61. The van der Waals surface area contributed by atoms with E-state index < -0.39 is 6.67 Å². The molecular weight excluding hydrogens is 179 g/mol. The molecule has 0 bridgehead atoms. The highest BCUT2D eigenvalue weighted by molar-refractivity contribution is 7.71. The number of alkyl halides is 1. The summed E-state index contributed by atoms with van der Waals surface area (Å²) >= 11 is 4.95. The van der Waals surface area contributed by atoms with Crippen molar-refractivity contribution >= 4 is 18.0 Å². The third-order valence-corrected chi connectivity index (χ3v) is 1.76. The van der Waals surface area contributed by atoms with Crippen molar-refractivity contribution in [3.63, 3.8) is 0 Å². The van der Waals surface area contributed by atoms with E-state index in [1.165, 1.54) is 16.9 Å². The van der Waals surface area contributed by atoms with Crippen molar-refractivity contribution in [3.8, 4) is 0 Å². The van der Waals surface area contributed by atoms with E-state index in [1.54, 1.807) is 0 Å². The molecule has 0 amide bonds. The molecule has 0 saturated heterocycles. The first-order chi connectivity index (χ1) is 5.81. The van der Waals surface area contributed by atoms with Gasteiger partial charge in [0.05, 0.1) is 5.69 Å². The molecule has 0 spiro atoms. The van der Waals surface area contributed by atoms with Gasteiger partial charge in [0.15, 0.2) is 0 Å². The zero-order valence-corrected chi connectivity index (χ0v) is 6.81. The highest BCUT2D eigenvalue weighted by Crippen LogP contribution is 2.01. The highest BCUT2D eigenvalue weighted by Gasteiger charge is 1.99. The molecule has 0 fully saturated rings. The summed E-state index contributed by atoms with van der Waals surface area (Å²) in [5, 5.41) is 2.76. The molecule has 0 radical (unpaired) electrons. The van der Waals surface area contributed by atoms with E-state index in [4.69, 9.17) is 12.2 Å². The Hall–Kier alpha value is -1.30. The first-order valence-corrected chi connectivity index (χ1v) is 3.70. The number of nitrogens with one attached hydrogen (secondary N) is 1. The lowest BCUT2D eigenvalue weighted by atomic mass is 10.4. The number of aromatic amines is 1. The monoisotopic (exact) mass is 184 g/mol. The smallest absolute Gasteiger partial charge is 0.251 e. The quantitative estimate of drug-likeness (QED) is 0.678. The Morgan fingerprint density at radius 1 is 1.67 bits per heavy atom. The molecule has 4 nitrogen and oxygen atoms in total. The largest absolute Gasteiger partial charge is 0.280 e. The molecule has 2 rings (SSSR count). The average molecular weight is 184 g/mol. The number of fused-ring (bicyclic) bond motifs is 1. The van der Waals surface area contributed by atoms with Crippen LogP contribution in [0.25, 0.3) is 5.78 Å². The normalized spacial score (nSPS) is 10.8. The maximum absolute atomic E-state index is 12.2. The Balaban J connectivity index is 2.84. The summed E-state index contributed by atoms with van der Waals surface area (Å²) < 4.78 is 14.2. The standard InChI is InChI=1S/C6H5FN4S/c7-2-4-1-5(12)11-6(10-4)8-3-9-11/h1,3H,2H2,(H,8,9,10). The van der Waals surface area contributed by atoms with Gasteiger partial charge in [-0.2, -0.15) is 0 Å². The summed E-state index contributed by atoms with van der Waals surface area (Å²) in [6, 6.07) is 1.50. The van der Waals surface area contributed by atoms with Gasteiger partial charge in [-0.25, -0.2) is 18.9 Å². The van der Waals surface area contributed by atoms with Gasteiger partial charge in [-0.15, -0.1) is 0 Å². The van der Waals surface area contributed by atoms with Crippen LogP contribution >= 0.6 is 12.2 Å². The Labute approximate surface area is 72.1 Å². The summed E-state index contributed by atoms with van der Waals surface area (Å²) in [6.07, 6.45) is 1.46. The van der Waals surface area contributed by atoms with Crippen LogP contribution < -0.4 is 0 Å². The first kappa shape index (κ1) is 7.35. The van der Waals surface area contributed by atoms with Crippen molar-refractivity contribution < 1.29 is 4.39 Å². The molecular formula is C6H5FN4S. The van der Waals surface area contributed by atoms with Crippen LogP contribution in [0.2, 0.25) is 0 Å². The number of H-pyrrole nitrogens is 1. The Morgan fingerprint density at radius 2 is 2.50 bits per heavy atom. The summed E-state index contributed by atoms with van der Waals surface area (Å²) in [4.78, 5) is 7.74. The summed E-state index contributed by atoms with van der Waals surface area (Å²) in [5.41, 5.74) is 0.312. The maximum atomic E-state index is 12.2. The van der Waals surface area contributed by atoms with E-state index in [-0.39, 0.29) is 0 Å². The third kappa shape index (κ3) is 1.00. The molecule has 0 aliphatic carbocycles. The number of hydrogen-bond acceptors (Lipinski definition) is 3. The Bertz CT molecular complexity index is 460. The predicted octanol–water partition coefficient (Wildman–Crippen LogP) is 1.26. The van der Waals surface area contributed by atoms with Crippen LogP contribution in [0.4, 0.5) is 4.39 Å². The molecule has 0 aromatic carbocycles. The van der Waals surface area contributed by atoms with E-state index in [0.717, 1.165) is 0 Å². The molecule has 6 heteroatoms. The molecule has 0 aliphatic heterocycles. The second-order valence-electron chi connectivity index (χ2n) is 2.24. The molecule has 12 heavy (non-hydrogen) atoms. The lowest BCUT2D eigenvalue weighted by Gasteiger charge is -1.94. The minimum absolute atomic E-state index is 0.312. The summed E-state index contributed by atoms with van der Waals surface area (Å²) in [7, 11) is 0. The summed E-state index contributed by atoms with van der Waals surface area (Å²) in [5.74, 6) is 0.398. The lowest BCUT2D eigenvalue weighted by molar-refractivity contribution is 0.475. The minimum atomic E-state index is -0.618. The fourth-order valence-corrected chi connectivity index (χ4v) is 1.21. The number of nitrogens with zero attached hydrogens (tertiary/aromatic N) is 3. The van der Waals surface area contributed by atoms with Crippen LogP contribution in [-0.4, -0.2) is 19.6 Å². The summed E-state index contributed by atoms with van der Waals surface area (Å²) in [6.45, 7) is -0.618. The Morgan fingerprint density at radius 3 is 3.25 bits per heavy atom. The zero-order valence-electron chi connectivity index (χ0n) is 5.99. The zero-order chi connectivity index (χ0) is 8.55. The average Bonchev–Trinajstić information content (AvgIpc) is 2.52. The topological polar surface area (TPSA) is 46.0 Å². The van der Waals surface area contributed by atoms with E-state index in [1.807, 2.05) is 0 Å². The molecule has 2 aromatic heterocycles.